The second kappa shape index (κ2) is 3.14. The predicted molar refractivity (Wildman–Crippen MR) is 61.0 cm³/mol. The van der Waals surface area contributed by atoms with E-state index in [4.69, 9.17) is 0 Å². The van der Waals surface area contributed by atoms with Gasteiger partial charge in [0.25, 0.3) is 0 Å². The number of rotatable bonds is 1. The number of carbonyl (C=O) groups excluding carboxylic acids is 1. The number of hydrogen-bond acceptors (Lipinski definition) is 1. The lowest BCUT2D eigenvalue weighted by molar-refractivity contribution is 0.112. The molecule has 0 N–H and O–H groups in total. The summed E-state index contributed by atoms with van der Waals surface area (Å²) in [5.74, 6) is 0. The Morgan fingerprint density at radius 1 is 1.46 bits per heavy atom. The molecule has 13 heavy (non-hydrogen) atoms. The molecule has 2 aromatic rings. The molecule has 2 nitrogen and oxygen atoms in total. The van der Waals surface area contributed by atoms with Crippen LogP contribution in [0.2, 0.25) is 0 Å². The summed E-state index contributed by atoms with van der Waals surface area (Å²) in [6.07, 6.45) is 2.93. The summed E-state index contributed by atoms with van der Waals surface area (Å²) in [6.45, 7) is 0. The van der Waals surface area contributed by atoms with E-state index in [1.807, 2.05) is 25.2 Å². The van der Waals surface area contributed by atoms with Gasteiger partial charge in [0.2, 0.25) is 0 Å². The Bertz CT molecular complexity index is 473. The molecule has 66 valence electrons. The van der Waals surface area contributed by atoms with Crippen molar-refractivity contribution in [3.05, 3.63) is 33.5 Å². The Balaban J connectivity index is 2.83. The molecule has 0 fully saturated rings. The molecule has 1 aromatic heterocycles. The zero-order chi connectivity index (χ0) is 9.42. The van der Waals surface area contributed by atoms with Gasteiger partial charge in [0.1, 0.15) is 6.29 Å². The molecule has 0 saturated carbocycles. The summed E-state index contributed by atoms with van der Waals surface area (Å²) in [5, 5.41) is 1.15. The molecule has 0 saturated heterocycles. The van der Waals surface area contributed by atoms with Crippen molar-refractivity contribution in [3.63, 3.8) is 0 Å². The van der Waals surface area contributed by atoms with Crippen LogP contribution in [0.3, 0.4) is 0 Å². The van der Waals surface area contributed by atoms with Crippen molar-refractivity contribution in [2.75, 3.05) is 0 Å². The Morgan fingerprint density at radius 3 is 2.92 bits per heavy atom. The van der Waals surface area contributed by atoms with Gasteiger partial charge in [-0.2, -0.15) is 0 Å². The lowest BCUT2D eigenvalue weighted by atomic mass is 10.2. The van der Waals surface area contributed by atoms with Crippen LogP contribution < -0.4 is 0 Å². The van der Waals surface area contributed by atoms with Crippen molar-refractivity contribution in [1.29, 1.82) is 0 Å². The Morgan fingerprint density at radius 2 is 2.23 bits per heavy atom. The number of fused-ring (bicyclic) bond motifs is 1. The first kappa shape index (κ1) is 8.74. The molecule has 3 heteroatoms. The monoisotopic (exact) mass is 285 g/mol. The van der Waals surface area contributed by atoms with Crippen molar-refractivity contribution in [3.8, 4) is 0 Å². The van der Waals surface area contributed by atoms with E-state index in [0.29, 0.717) is 0 Å². The van der Waals surface area contributed by atoms with E-state index in [0.717, 1.165) is 22.8 Å². The van der Waals surface area contributed by atoms with E-state index in [1.54, 1.807) is 0 Å². The Hall–Kier alpha value is -0.840. The average molecular weight is 285 g/mol. The number of benzene rings is 1. The van der Waals surface area contributed by atoms with Gasteiger partial charge in [-0.25, -0.2) is 0 Å². The van der Waals surface area contributed by atoms with Crippen molar-refractivity contribution >= 4 is 39.8 Å². The molecule has 0 bridgehead atoms. The van der Waals surface area contributed by atoms with Gasteiger partial charge in [-0.05, 0) is 40.8 Å². The second-order valence-corrected chi connectivity index (χ2v) is 4.14. The molecule has 0 atom stereocenters. The van der Waals surface area contributed by atoms with Crippen molar-refractivity contribution in [1.82, 2.24) is 4.57 Å². The molecular weight excluding hydrogens is 277 g/mol. The minimum atomic E-state index is 0.733. The third-order valence-corrected chi connectivity index (χ3v) is 2.96. The molecule has 0 aliphatic heterocycles. The highest BCUT2D eigenvalue weighted by Gasteiger charge is 2.03. The smallest absolute Gasteiger partial charge is 0.150 e. The van der Waals surface area contributed by atoms with Crippen LogP contribution in [0.25, 0.3) is 10.9 Å². The van der Waals surface area contributed by atoms with Crippen LogP contribution >= 0.6 is 22.6 Å². The van der Waals surface area contributed by atoms with Gasteiger partial charge >= 0.3 is 0 Å². The first-order valence-electron chi connectivity index (χ1n) is 3.92. The molecule has 0 spiro atoms. The van der Waals surface area contributed by atoms with Gasteiger partial charge in [-0.15, -0.1) is 0 Å². The second-order valence-electron chi connectivity index (χ2n) is 2.98. The first-order chi connectivity index (χ1) is 6.22. The fourth-order valence-corrected chi connectivity index (χ4v) is 2.28. The van der Waals surface area contributed by atoms with Gasteiger partial charge in [-0.3, -0.25) is 4.79 Å². The quantitative estimate of drug-likeness (QED) is 0.583. The highest BCUT2D eigenvalue weighted by molar-refractivity contribution is 14.1. The fraction of sp³-hybridized carbons (Fsp3) is 0.100. The lowest BCUT2D eigenvalue weighted by Gasteiger charge is -1.95. The summed E-state index contributed by atoms with van der Waals surface area (Å²) in [4.78, 5) is 10.6. The van der Waals surface area contributed by atoms with E-state index in [9.17, 15) is 4.79 Å². The van der Waals surface area contributed by atoms with E-state index in [-0.39, 0.29) is 0 Å². The summed E-state index contributed by atoms with van der Waals surface area (Å²) in [6, 6.07) is 5.73. The van der Waals surface area contributed by atoms with Crippen LogP contribution in [0.4, 0.5) is 0 Å². The van der Waals surface area contributed by atoms with Gasteiger partial charge in [0, 0.05) is 33.3 Å². The normalized spacial score (nSPS) is 10.6. The van der Waals surface area contributed by atoms with Crippen molar-refractivity contribution in [2.45, 2.75) is 0 Å². The average Bonchev–Trinajstić information content (AvgIpc) is 2.42. The first-order valence-corrected chi connectivity index (χ1v) is 5.00. The van der Waals surface area contributed by atoms with Crippen LogP contribution in [-0.2, 0) is 7.05 Å². The summed E-state index contributed by atoms with van der Waals surface area (Å²) in [5.41, 5.74) is 1.90. The SMILES string of the molecule is Cn1cc(I)c2cc(C=O)ccc21. The summed E-state index contributed by atoms with van der Waals surface area (Å²) < 4.78 is 3.24. The molecule has 0 aliphatic rings. The van der Waals surface area contributed by atoms with Crippen molar-refractivity contribution in [2.24, 2.45) is 7.05 Å². The molecule has 0 unspecified atom stereocenters. The molecule has 2 rings (SSSR count). The molecule has 0 amide bonds. The zero-order valence-electron chi connectivity index (χ0n) is 7.12. The zero-order valence-corrected chi connectivity index (χ0v) is 9.28. The summed E-state index contributed by atoms with van der Waals surface area (Å²) in [7, 11) is 2.01. The van der Waals surface area contributed by atoms with E-state index >= 15 is 0 Å². The maximum absolute atomic E-state index is 10.6. The Kier molecular flexibility index (Phi) is 2.11. The maximum atomic E-state index is 10.6. The Labute approximate surface area is 89.7 Å². The van der Waals surface area contributed by atoms with Crippen LogP contribution in [0, 0.1) is 3.57 Å². The van der Waals surface area contributed by atoms with E-state index in [2.05, 4.69) is 33.4 Å². The fourth-order valence-electron chi connectivity index (χ4n) is 1.43. The van der Waals surface area contributed by atoms with E-state index in [1.165, 1.54) is 3.57 Å². The van der Waals surface area contributed by atoms with Crippen LogP contribution in [0.1, 0.15) is 10.4 Å². The molecule has 1 heterocycles. The lowest BCUT2D eigenvalue weighted by Crippen LogP contribution is -1.84. The molecule has 1 aromatic carbocycles. The maximum Gasteiger partial charge on any atom is 0.150 e. The minimum Gasteiger partial charge on any atom is -0.349 e. The molecule has 0 aliphatic carbocycles. The number of aryl methyl sites for hydroxylation is 1. The number of nitrogens with zero attached hydrogens (tertiary/aromatic N) is 1. The summed E-state index contributed by atoms with van der Waals surface area (Å²) >= 11 is 2.28. The van der Waals surface area contributed by atoms with E-state index < -0.39 is 0 Å². The van der Waals surface area contributed by atoms with Gasteiger partial charge in [0.15, 0.2) is 0 Å². The van der Waals surface area contributed by atoms with Gasteiger partial charge in [0.05, 0.1) is 0 Å². The molecule has 0 radical (unpaired) electrons. The standard InChI is InChI=1S/C10H8INO/c1-12-5-9(11)8-4-7(6-13)2-3-10(8)12/h2-6H,1H3. The highest BCUT2D eigenvalue weighted by Crippen LogP contribution is 2.22. The third-order valence-electron chi connectivity index (χ3n) is 2.10. The van der Waals surface area contributed by atoms with Crippen LogP contribution in [0.15, 0.2) is 24.4 Å². The third kappa shape index (κ3) is 1.37. The largest absolute Gasteiger partial charge is 0.349 e. The van der Waals surface area contributed by atoms with Gasteiger partial charge < -0.3 is 4.57 Å². The highest BCUT2D eigenvalue weighted by atomic mass is 127. The topological polar surface area (TPSA) is 22.0 Å². The number of halogens is 1. The molecular formula is C10H8INO. The van der Waals surface area contributed by atoms with Crippen molar-refractivity contribution < 1.29 is 4.79 Å². The van der Waals surface area contributed by atoms with Crippen LogP contribution in [-0.4, -0.2) is 10.9 Å². The number of aromatic nitrogens is 1. The number of hydrogen-bond donors (Lipinski definition) is 0. The van der Waals surface area contributed by atoms with Gasteiger partial charge in [-0.1, -0.05) is 0 Å². The van der Waals surface area contributed by atoms with Crippen LogP contribution in [0.5, 0.6) is 0 Å². The minimum absolute atomic E-state index is 0.733. The number of aldehydes is 1. The predicted octanol–water partition coefficient (Wildman–Crippen LogP) is 2.60. The number of carbonyl (C=O) groups is 1.